The Morgan fingerprint density at radius 1 is 1.55 bits per heavy atom. The number of hydrogen-bond acceptors (Lipinski definition) is 4. The van der Waals surface area contributed by atoms with Crippen LogP contribution in [0.25, 0.3) is 0 Å². The van der Waals surface area contributed by atoms with Crippen LogP contribution in [0.4, 0.5) is 5.82 Å². The monoisotopic (exact) mass is 274 g/mol. The molecule has 5 heteroatoms. The highest BCUT2D eigenvalue weighted by Crippen LogP contribution is 2.39. The van der Waals surface area contributed by atoms with Gasteiger partial charge in [-0.15, -0.1) is 0 Å². The lowest BCUT2D eigenvalue weighted by Gasteiger charge is -2.48. The second kappa shape index (κ2) is 5.05. The minimum atomic E-state index is -0.412. The molecule has 1 unspecified atom stereocenters. The molecule has 108 valence electrons. The van der Waals surface area contributed by atoms with Gasteiger partial charge in [0.05, 0.1) is 5.56 Å². The highest BCUT2D eigenvalue weighted by atomic mass is 16.1. The van der Waals surface area contributed by atoms with E-state index in [1.807, 2.05) is 13.0 Å². The van der Waals surface area contributed by atoms with Gasteiger partial charge in [0.1, 0.15) is 5.82 Å². The Morgan fingerprint density at radius 3 is 3.00 bits per heavy atom. The molecule has 0 aromatic carbocycles. The Bertz CT molecular complexity index is 525. The summed E-state index contributed by atoms with van der Waals surface area (Å²) in [5.74, 6) is 0.226. The molecular weight excluding hydrogens is 252 g/mol. The van der Waals surface area contributed by atoms with Crippen molar-refractivity contribution in [2.24, 2.45) is 5.73 Å². The molecule has 1 saturated carbocycles. The zero-order valence-corrected chi connectivity index (χ0v) is 11.9. The Kier molecular flexibility index (Phi) is 3.38. The Balaban J connectivity index is 1.77. The smallest absolute Gasteiger partial charge is 0.252 e. The van der Waals surface area contributed by atoms with Crippen LogP contribution in [0.5, 0.6) is 0 Å². The van der Waals surface area contributed by atoms with E-state index in [0.717, 1.165) is 24.9 Å². The number of nitrogens with zero attached hydrogens (tertiary/aromatic N) is 1. The number of hydrogen-bond donors (Lipinski definition) is 3. The molecule has 1 aromatic rings. The molecule has 1 amide bonds. The van der Waals surface area contributed by atoms with E-state index in [4.69, 9.17) is 5.73 Å². The van der Waals surface area contributed by atoms with E-state index in [1.165, 1.54) is 19.3 Å². The average molecular weight is 274 g/mol. The van der Waals surface area contributed by atoms with Crippen molar-refractivity contribution in [3.8, 4) is 0 Å². The maximum atomic E-state index is 11.6. The number of carbonyl (C=O) groups excluding carboxylic acids is 1. The molecule has 1 aliphatic heterocycles. The van der Waals surface area contributed by atoms with Crippen molar-refractivity contribution < 1.29 is 4.79 Å². The van der Waals surface area contributed by atoms with E-state index < -0.39 is 5.91 Å². The van der Waals surface area contributed by atoms with Crippen molar-refractivity contribution in [2.45, 2.75) is 50.6 Å². The molecule has 1 aromatic heterocycles. The molecule has 4 N–H and O–H groups in total. The van der Waals surface area contributed by atoms with Crippen LogP contribution in [0.3, 0.4) is 0 Å². The maximum absolute atomic E-state index is 11.6. The topological polar surface area (TPSA) is 80.0 Å². The number of aromatic nitrogens is 1. The molecule has 3 rings (SSSR count). The predicted molar refractivity (Wildman–Crippen MR) is 78.7 cm³/mol. The van der Waals surface area contributed by atoms with E-state index in [0.29, 0.717) is 23.0 Å². The summed E-state index contributed by atoms with van der Waals surface area (Å²) >= 11 is 0. The fraction of sp³-hybridized carbons (Fsp3) is 0.600. The number of primary amides is 1. The highest BCUT2D eigenvalue weighted by molar-refractivity contribution is 5.99. The second-order valence-electron chi connectivity index (χ2n) is 6.11. The molecule has 5 nitrogen and oxygen atoms in total. The number of amides is 1. The third-order valence-electron chi connectivity index (χ3n) is 4.69. The van der Waals surface area contributed by atoms with Crippen molar-refractivity contribution in [1.82, 2.24) is 10.3 Å². The maximum Gasteiger partial charge on any atom is 0.252 e. The quantitative estimate of drug-likeness (QED) is 0.781. The van der Waals surface area contributed by atoms with Crippen molar-refractivity contribution in [2.75, 3.05) is 11.9 Å². The van der Waals surface area contributed by atoms with Gasteiger partial charge in [-0.25, -0.2) is 4.98 Å². The van der Waals surface area contributed by atoms with Crippen molar-refractivity contribution in [3.63, 3.8) is 0 Å². The summed E-state index contributed by atoms with van der Waals surface area (Å²) < 4.78 is 0. The molecule has 1 spiro atoms. The summed E-state index contributed by atoms with van der Waals surface area (Å²) in [5, 5.41) is 7.09. The number of rotatable bonds is 3. The zero-order chi connectivity index (χ0) is 14.2. The van der Waals surface area contributed by atoms with Crippen LogP contribution in [0.2, 0.25) is 0 Å². The molecule has 2 heterocycles. The average Bonchev–Trinajstić information content (AvgIpc) is 2.37. The number of nitrogens with one attached hydrogen (secondary N) is 2. The van der Waals surface area contributed by atoms with Gasteiger partial charge in [-0.2, -0.15) is 0 Å². The van der Waals surface area contributed by atoms with E-state index >= 15 is 0 Å². The van der Waals surface area contributed by atoms with E-state index in [-0.39, 0.29) is 0 Å². The van der Waals surface area contributed by atoms with Gasteiger partial charge >= 0.3 is 0 Å². The standard InChI is InChI=1S/C15H22N4O/c1-10-3-7-17-14(12(10)13(16)20)19-11-4-8-18-15(9-11)5-2-6-15/h3,7,11,18H,2,4-6,8-9H2,1H3,(H2,16,20)(H,17,19). The number of anilines is 1. The van der Waals surface area contributed by atoms with Crippen molar-refractivity contribution in [1.29, 1.82) is 0 Å². The Hall–Kier alpha value is -1.62. The minimum Gasteiger partial charge on any atom is -0.367 e. The second-order valence-corrected chi connectivity index (χ2v) is 6.11. The Labute approximate surface area is 119 Å². The normalized spacial score (nSPS) is 24.1. The van der Waals surface area contributed by atoms with Crippen LogP contribution in [-0.2, 0) is 0 Å². The van der Waals surface area contributed by atoms with Crippen LogP contribution in [0.15, 0.2) is 12.3 Å². The summed E-state index contributed by atoms with van der Waals surface area (Å²) in [6.07, 6.45) is 7.71. The molecule has 0 radical (unpaired) electrons. The first kappa shape index (κ1) is 13.4. The first-order valence-electron chi connectivity index (χ1n) is 7.37. The molecule has 0 bridgehead atoms. The number of carbonyl (C=O) groups is 1. The molecule has 1 saturated heterocycles. The van der Waals surface area contributed by atoms with Gasteiger partial charge in [0.2, 0.25) is 0 Å². The highest BCUT2D eigenvalue weighted by Gasteiger charge is 2.41. The van der Waals surface area contributed by atoms with Gasteiger partial charge in [0.15, 0.2) is 0 Å². The summed E-state index contributed by atoms with van der Waals surface area (Å²) in [5.41, 5.74) is 7.20. The molecule has 2 aliphatic rings. The summed E-state index contributed by atoms with van der Waals surface area (Å²) in [7, 11) is 0. The number of piperidine rings is 1. The summed E-state index contributed by atoms with van der Waals surface area (Å²) in [6, 6.07) is 2.19. The zero-order valence-electron chi connectivity index (χ0n) is 11.9. The van der Waals surface area contributed by atoms with E-state index in [1.54, 1.807) is 6.20 Å². The SMILES string of the molecule is Cc1ccnc(NC2CCNC3(CCC3)C2)c1C(N)=O. The van der Waals surface area contributed by atoms with Gasteiger partial charge in [0.25, 0.3) is 5.91 Å². The van der Waals surface area contributed by atoms with Gasteiger partial charge in [-0.3, -0.25) is 4.79 Å². The van der Waals surface area contributed by atoms with E-state index in [2.05, 4.69) is 15.6 Å². The molecule has 20 heavy (non-hydrogen) atoms. The largest absolute Gasteiger partial charge is 0.367 e. The molecule has 2 fully saturated rings. The summed E-state index contributed by atoms with van der Waals surface area (Å²) in [4.78, 5) is 15.9. The number of nitrogens with two attached hydrogens (primary N) is 1. The van der Waals surface area contributed by atoms with Crippen LogP contribution in [0.1, 0.15) is 48.0 Å². The fourth-order valence-electron chi connectivity index (χ4n) is 3.44. The van der Waals surface area contributed by atoms with Crippen LogP contribution in [0, 0.1) is 6.92 Å². The first-order chi connectivity index (χ1) is 9.60. The summed E-state index contributed by atoms with van der Waals surface area (Å²) in [6.45, 7) is 2.91. The minimum absolute atomic E-state index is 0.326. The van der Waals surface area contributed by atoms with Gasteiger partial charge in [-0.05, 0) is 57.2 Å². The first-order valence-corrected chi connectivity index (χ1v) is 7.37. The van der Waals surface area contributed by atoms with Gasteiger partial charge in [-0.1, -0.05) is 0 Å². The number of pyridine rings is 1. The lowest BCUT2D eigenvalue weighted by molar-refractivity contribution is 0.1000. The fourth-order valence-corrected chi connectivity index (χ4v) is 3.44. The molecular formula is C15H22N4O. The van der Waals surface area contributed by atoms with Crippen molar-refractivity contribution in [3.05, 3.63) is 23.4 Å². The Morgan fingerprint density at radius 2 is 2.35 bits per heavy atom. The lowest BCUT2D eigenvalue weighted by Crippen LogP contribution is -2.58. The van der Waals surface area contributed by atoms with Crippen molar-refractivity contribution >= 4 is 11.7 Å². The predicted octanol–water partition coefficient (Wildman–Crippen LogP) is 1.58. The van der Waals surface area contributed by atoms with Gasteiger partial charge in [0, 0.05) is 17.8 Å². The van der Waals surface area contributed by atoms with Crippen LogP contribution in [-0.4, -0.2) is 29.0 Å². The number of aryl methyl sites for hydroxylation is 1. The third-order valence-corrected chi connectivity index (χ3v) is 4.69. The van der Waals surface area contributed by atoms with Gasteiger partial charge < -0.3 is 16.4 Å². The van der Waals surface area contributed by atoms with E-state index in [9.17, 15) is 4.79 Å². The lowest BCUT2D eigenvalue weighted by atomic mass is 9.70. The van der Waals surface area contributed by atoms with Crippen LogP contribution >= 0.6 is 0 Å². The third kappa shape index (κ3) is 2.38. The van der Waals surface area contributed by atoms with Crippen LogP contribution < -0.4 is 16.4 Å². The molecule has 1 aliphatic carbocycles. The molecule has 1 atom stereocenters.